The van der Waals surface area contributed by atoms with Crippen LogP contribution in [0.3, 0.4) is 0 Å². The van der Waals surface area contributed by atoms with Crippen molar-refractivity contribution >= 4 is 22.9 Å². The van der Waals surface area contributed by atoms with Crippen LogP contribution in [0.4, 0.5) is 0 Å². The molecule has 1 unspecified atom stereocenters. The van der Waals surface area contributed by atoms with Crippen LogP contribution in [0.5, 0.6) is 5.75 Å². The van der Waals surface area contributed by atoms with E-state index in [1.54, 1.807) is 24.5 Å². The molecule has 0 amide bonds. The van der Waals surface area contributed by atoms with Crippen LogP contribution in [-0.2, 0) is 12.8 Å². The Kier molecular flexibility index (Phi) is 4.86. The van der Waals surface area contributed by atoms with E-state index in [2.05, 4.69) is 13.0 Å². The smallest absolute Gasteiger partial charge is 0.122 e. The van der Waals surface area contributed by atoms with Gasteiger partial charge in [-0.2, -0.15) is 0 Å². The van der Waals surface area contributed by atoms with Gasteiger partial charge < -0.3 is 9.84 Å². The third-order valence-corrected chi connectivity index (χ3v) is 4.42. The Balaban J connectivity index is 2.23. The molecule has 0 radical (unpaired) electrons. The second-order valence-corrected chi connectivity index (χ2v) is 5.72. The van der Waals surface area contributed by atoms with Crippen LogP contribution in [0.25, 0.3) is 0 Å². The maximum Gasteiger partial charge on any atom is 0.122 e. The topological polar surface area (TPSA) is 29.5 Å². The molecule has 0 fully saturated rings. The zero-order valence-corrected chi connectivity index (χ0v) is 12.6. The summed E-state index contributed by atoms with van der Waals surface area (Å²) in [7, 11) is 1.63. The van der Waals surface area contributed by atoms with E-state index in [0.717, 1.165) is 22.6 Å². The molecule has 2 rings (SSSR count). The summed E-state index contributed by atoms with van der Waals surface area (Å²) in [5.41, 5.74) is 2.14. The number of hydrogen-bond donors (Lipinski definition) is 1. The summed E-state index contributed by atoms with van der Waals surface area (Å²) >= 11 is 7.60. The first kappa shape index (κ1) is 14.4. The lowest BCUT2D eigenvalue weighted by molar-refractivity contribution is 0.180. The first-order chi connectivity index (χ1) is 9.15. The molecule has 0 spiro atoms. The van der Waals surface area contributed by atoms with Gasteiger partial charge in [0, 0.05) is 16.3 Å². The molecule has 0 aliphatic rings. The molecule has 1 N–H and O–H groups in total. The summed E-state index contributed by atoms with van der Waals surface area (Å²) < 4.78 is 5.31. The van der Waals surface area contributed by atoms with Crippen LogP contribution in [0, 0.1) is 0 Å². The highest BCUT2D eigenvalue weighted by Gasteiger charge is 2.16. The average Bonchev–Trinajstić information content (AvgIpc) is 2.87. The largest absolute Gasteiger partial charge is 0.496 e. The van der Waals surface area contributed by atoms with Crippen molar-refractivity contribution in [2.45, 2.75) is 25.9 Å². The number of benzene rings is 1. The monoisotopic (exact) mass is 296 g/mol. The maximum atomic E-state index is 10.4. The van der Waals surface area contributed by atoms with Gasteiger partial charge in [0.2, 0.25) is 0 Å². The molecule has 102 valence electrons. The molecule has 1 aromatic carbocycles. The molecule has 1 heterocycles. The summed E-state index contributed by atoms with van der Waals surface area (Å²) in [4.78, 5) is 1.03. The number of aliphatic hydroxyl groups excluding tert-OH is 1. The van der Waals surface area contributed by atoms with Crippen LogP contribution in [0.15, 0.2) is 29.6 Å². The van der Waals surface area contributed by atoms with Gasteiger partial charge in [-0.05, 0) is 47.2 Å². The first-order valence-electron chi connectivity index (χ1n) is 6.22. The lowest BCUT2D eigenvalue weighted by Gasteiger charge is -2.14. The number of hydrogen-bond acceptors (Lipinski definition) is 3. The lowest BCUT2D eigenvalue weighted by Crippen LogP contribution is -2.03. The first-order valence-corrected chi connectivity index (χ1v) is 7.48. The molecular formula is C15H17ClO2S. The van der Waals surface area contributed by atoms with E-state index in [4.69, 9.17) is 16.3 Å². The number of ether oxygens (including phenoxy) is 1. The van der Waals surface area contributed by atoms with E-state index < -0.39 is 6.10 Å². The average molecular weight is 297 g/mol. The lowest BCUT2D eigenvalue weighted by atomic mass is 10.0. The van der Waals surface area contributed by atoms with Gasteiger partial charge >= 0.3 is 0 Å². The Bertz CT molecular complexity index is 551. The van der Waals surface area contributed by atoms with Gasteiger partial charge in [0.15, 0.2) is 0 Å². The second kappa shape index (κ2) is 6.42. The predicted octanol–water partition coefficient (Wildman–Crippen LogP) is 4.25. The summed E-state index contributed by atoms with van der Waals surface area (Å²) in [5.74, 6) is 0.762. The van der Waals surface area contributed by atoms with E-state index in [1.807, 2.05) is 17.5 Å². The van der Waals surface area contributed by atoms with Crippen molar-refractivity contribution in [3.63, 3.8) is 0 Å². The van der Waals surface area contributed by atoms with Crippen molar-refractivity contribution in [2.75, 3.05) is 7.11 Å². The van der Waals surface area contributed by atoms with Crippen LogP contribution < -0.4 is 4.74 Å². The third-order valence-electron chi connectivity index (χ3n) is 3.12. The molecule has 4 heteroatoms. The quantitative estimate of drug-likeness (QED) is 0.894. The fraction of sp³-hybridized carbons (Fsp3) is 0.333. The van der Waals surface area contributed by atoms with Gasteiger partial charge in [-0.15, -0.1) is 11.3 Å². The number of methoxy groups -OCH3 is 1. The van der Waals surface area contributed by atoms with Crippen molar-refractivity contribution in [2.24, 2.45) is 0 Å². The minimum absolute atomic E-state index is 0.511. The van der Waals surface area contributed by atoms with E-state index in [-0.39, 0.29) is 0 Å². The van der Waals surface area contributed by atoms with Gasteiger partial charge in [-0.3, -0.25) is 0 Å². The highest BCUT2D eigenvalue weighted by molar-refractivity contribution is 7.10. The van der Waals surface area contributed by atoms with Crippen molar-refractivity contribution in [3.05, 3.63) is 50.7 Å². The van der Waals surface area contributed by atoms with E-state index in [1.165, 1.54) is 5.56 Å². The van der Waals surface area contributed by atoms with Crippen molar-refractivity contribution < 1.29 is 9.84 Å². The van der Waals surface area contributed by atoms with Crippen LogP contribution in [-0.4, -0.2) is 12.2 Å². The van der Waals surface area contributed by atoms with Gasteiger partial charge in [-0.1, -0.05) is 18.5 Å². The number of rotatable bonds is 5. The molecule has 1 aromatic heterocycles. The Hall–Kier alpha value is -1.03. The zero-order chi connectivity index (χ0) is 13.8. The summed E-state index contributed by atoms with van der Waals surface area (Å²) in [6.45, 7) is 2.10. The van der Waals surface area contributed by atoms with Crippen LogP contribution in [0.2, 0.25) is 5.02 Å². The van der Waals surface area contributed by atoms with Gasteiger partial charge in [0.05, 0.1) is 13.2 Å². The standard InChI is InChI=1S/C15H17ClO2S/c1-3-10-6-7-19-15(10)13(17)9-11-8-12(16)4-5-14(11)18-2/h4-8,13,17H,3,9H2,1-2H3. The molecule has 0 aliphatic carbocycles. The van der Waals surface area contributed by atoms with Gasteiger partial charge in [0.25, 0.3) is 0 Å². The molecule has 0 aliphatic heterocycles. The van der Waals surface area contributed by atoms with Gasteiger partial charge in [-0.25, -0.2) is 0 Å². The molecule has 0 saturated heterocycles. The Morgan fingerprint density at radius 1 is 1.32 bits per heavy atom. The van der Waals surface area contributed by atoms with Crippen LogP contribution >= 0.6 is 22.9 Å². The highest BCUT2D eigenvalue weighted by atomic mass is 35.5. The predicted molar refractivity (Wildman–Crippen MR) is 80.4 cm³/mol. The number of aliphatic hydroxyl groups is 1. The van der Waals surface area contributed by atoms with Crippen molar-refractivity contribution in [3.8, 4) is 5.75 Å². The maximum absolute atomic E-state index is 10.4. The fourth-order valence-corrected chi connectivity index (χ4v) is 3.32. The summed E-state index contributed by atoms with van der Waals surface area (Å²) in [6, 6.07) is 7.54. The summed E-state index contributed by atoms with van der Waals surface area (Å²) in [6.07, 6.45) is 0.933. The second-order valence-electron chi connectivity index (χ2n) is 4.34. The Morgan fingerprint density at radius 3 is 2.79 bits per heavy atom. The Morgan fingerprint density at radius 2 is 2.11 bits per heavy atom. The number of aryl methyl sites for hydroxylation is 1. The Labute approximate surface area is 122 Å². The molecule has 19 heavy (non-hydrogen) atoms. The SMILES string of the molecule is CCc1ccsc1C(O)Cc1cc(Cl)ccc1OC. The minimum atomic E-state index is -0.512. The van der Waals surface area contributed by atoms with Crippen molar-refractivity contribution in [1.82, 2.24) is 0 Å². The van der Waals surface area contributed by atoms with Gasteiger partial charge in [0.1, 0.15) is 5.75 Å². The summed E-state index contributed by atoms with van der Waals surface area (Å²) in [5, 5.41) is 13.1. The van der Waals surface area contributed by atoms with Crippen molar-refractivity contribution in [1.29, 1.82) is 0 Å². The number of halogens is 1. The third kappa shape index (κ3) is 3.30. The molecular weight excluding hydrogens is 280 g/mol. The molecule has 0 bridgehead atoms. The van der Waals surface area contributed by atoms with E-state index in [9.17, 15) is 5.11 Å². The van der Waals surface area contributed by atoms with E-state index in [0.29, 0.717) is 11.4 Å². The minimum Gasteiger partial charge on any atom is -0.496 e. The molecule has 0 saturated carbocycles. The molecule has 2 nitrogen and oxygen atoms in total. The fourth-order valence-electron chi connectivity index (χ4n) is 2.14. The normalized spacial score (nSPS) is 12.4. The zero-order valence-electron chi connectivity index (χ0n) is 11.0. The molecule has 1 atom stereocenters. The van der Waals surface area contributed by atoms with E-state index >= 15 is 0 Å². The van der Waals surface area contributed by atoms with Crippen LogP contribution in [0.1, 0.15) is 29.0 Å². The molecule has 2 aromatic rings. The highest BCUT2D eigenvalue weighted by Crippen LogP contribution is 2.31. The number of thiophene rings is 1.